The van der Waals surface area contributed by atoms with E-state index in [0.29, 0.717) is 5.92 Å². The molecule has 1 aliphatic carbocycles. The number of rotatable bonds is 3. The molecule has 0 radical (unpaired) electrons. The maximum atomic E-state index is 12.6. The Hall–Kier alpha value is -1.15. The average molecular weight is 246 g/mol. The minimum Gasteiger partial charge on any atom is -0.389 e. The Morgan fingerprint density at radius 2 is 2.06 bits per heavy atom. The summed E-state index contributed by atoms with van der Waals surface area (Å²) < 4.78 is 0. The quantitative estimate of drug-likeness (QED) is 0.829. The summed E-state index contributed by atoms with van der Waals surface area (Å²) in [6.07, 6.45) is 3.76. The van der Waals surface area contributed by atoms with Crippen molar-refractivity contribution in [3.8, 4) is 0 Å². The van der Waals surface area contributed by atoms with E-state index in [4.69, 9.17) is 0 Å². The van der Waals surface area contributed by atoms with E-state index in [-0.39, 0.29) is 11.7 Å². The van der Waals surface area contributed by atoms with E-state index >= 15 is 0 Å². The molecule has 0 heterocycles. The second kappa shape index (κ2) is 5.23. The molecule has 1 aromatic carbocycles. The van der Waals surface area contributed by atoms with Gasteiger partial charge in [-0.1, -0.05) is 50.1 Å². The first-order valence-electron chi connectivity index (χ1n) is 6.88. The van der Waals surface area contributed by atoms with E-state index in [1.54, 1.807) is 0 Å². The minimum atomic E-state index is -0.855. The molecule has 1 aliphatic rings. The third-order valence-electron chi connectivity index (χ3n) is 4.26. The minimum absolute atomic E-state index is 0.104. The highest BCUT2D eigenvalue weighted by molar-refractivity contribution is 5.98. The molecule has 1 N–H and O–H groups in total. The summed E-state index contributed by atoms with van der Waals surface area (Å²) in [5.41, 5.74) is -0.130. The zero-order valence-electron chi connectivity index (χ0n) is 11.2. The van der Waals surface area contributed by atoms with Crippen molar-refractivity contribution in [1.82, 2.24) is 0 Å². The van der Waals surface area contributed by atoms with Gasteiger partial charge in [0.1, 0.15) is 0 Å². The number of carbonyl (C=O) groups excluding carboxylic acids is 1. The van der Waals surface area contributed by atoms with Crippen LogP contribution in [0.15, 0.2) is 30.3 Å². The topological polar surface area (TPSA) is 37.3 Å². The van der Waals surface area contributed by atoms with Crippen molar-refractivity contribution in [2.75, 3.05) is 0 Å². The van der Waals surface area contributed by atoms with Gasteiger partial charge in [-0.15, -0.1) is 0 Å². The first-order valence-corrected chi connectivity index (χ1v) is 6.88. The van der Waals surface area contributed by atoms with Gasteiger partial charge in [0.25, 0.3) is 0 Å². The molecule has 0 bridgehead atoms. The smallest absolute Gasteiger partial charge is 0.169 e. The van der Waals surface area contributed by atoms with Crippen molar-refractivity contribution in [3.05, 3.63) is 35.9 Å². The lowest BCUT2D eigenvalue weighted by molar-refractivity contribution is -0.0454. The monoisotopic (exact) mass is 246 g/mol. The van der Waals surface area contributed by atoms with E-state index < -0.39 is 5.60 Å². The predicted molar refractivity (Wildman–Crippen MR) is 72.5 cm³/mol. The second-order valence-electron chi connectivity index (χ2n) is 5.63. The maximum absolute atomic E-state index is 12.6. The zero-order valence-corrected chi connectivity index (χ0v) is 11.2. The number of aliphatic hydroxyl groups is 1. The summed E-state index contributed by atoms with van der Waals surface area (Å²) in [5.74, 6) is 0.159. The molecule has 1 fully saturated rings. The summed E-state index contributed by atoms with van der Waals surface area (Å²) in [4.78, 5) is 12.6. The number of ketones is 1. The number of Topliss-reactive ketones (excluding diaryl/α,β-unsaturated/α-hetero) is 1. The molecule has 1 aromatic rings. The molecule has 0 amide bonds. The molecule has 0 saturated heterocycles. The van der Waals surface area contributed by atoms with Gasteiger partial charge in [-0.05, 0) is 25.7 Å². The normalized spacial score (nSPS) is 32.2. The lowest BCUT2D eigenvalue weighted by Gasteiger charge is -2.41. The van der Waals surface area contributed by atoms with Crippen LogP contribution < -0.4 is 0 Å². The van der Waals surface area contributed by atoms with Gasteiger partial charge in [-0.2, -0.15) is 0 Å². The predicted octanol–water partition coefficient (Wildman–Crippen LogP) is 3.45. The highest BCUT2D eigenvalue weighted by Gasteiger charge is 2.44. The Morgan fingerprint density at radius 1 is 1.39 bits per heavy atom. The van der Waals surface area contributed by atoms with Crippen LogP contribution in [-0.4, -0.2) is 16.5 Å². The van der Waals surface area contributed by atoms with E-state index in [0.717, 1.165) is 31.2 Å². The van der Waals surface area contributed by atoms with Crippen molar-refractivity contribution in [3.63, 3.8) is 0 Å². The van der Waals surface area contributed by atoms with Crippen LogP contribution in [0.5, 0.6) is 0 Å². The first-order chi connectivity index (χ1) is 8.56. The lowest BCUT2D eigenvalue weighted by Crippen LogP contribution is -2.47. The van der Waals surface area contributed by atoms with Gasteiger partial charge < -0.3 is 5.11 Å². The van der Waals surface area contributed by atoms with Crippen molar-refractivity contribution in [2.24, 2.45) is 11.8 Å². The van der Waals surface area contributed by atoms with Crippen molar-refractivity contribution >= 4 is 5.78 Å². The fourth-order valence-corrected chi connectivity index (χ4v) is 3.27. The van der Waals surface area contributed by atoms with Gasteiger partial charge in [0.05, 0.1) is 11.5 Å². The Kier molecular flexibility index (Phi) is 3.86. The summed E-state index contributed by atoms with van der Waals surface area (Å²) in [5, 5.41) is 10.5. The third kappa shape index (κ3) is 2.49. The van der Waals surface area contributed by atoms with Crippen molar-refractivity contribution < 1.29 is 9.90 Å². The zero-order chi connectivity index (χ0) is 13.2. The second-order valence-corrected chi connectivity index (χ2v) is 5.63. The highest BCUT2D eigenvalue weighted by atomic mass is 16.3. The van der Waals surface area contributed by atoms with Crippen LogP contribution >= 0.6 is 0 Å². The first kappa shape index (κ1) is 13.3. The Labute approximate surface area is 109 Å². The third-order valence-corrected chi connectivity index (χ3v) is 4.26. The van der Waals surface area contributed by atoms with Crippen LogP contribution in [-0.2, 0) is 0 Å². The van der Waals surface area contributed by atoms with E-state index in [2.05, 4.69) is 6.92 Å². The number of benzene rings is 1. The van der Waals surface area contributed by atoms with Crippen molar-refractivity contribution in [2.45, 2.75) is 45.1 Å². The summed E-state index contributed by atoms with van der Waals surface area (Å²) in [6.45, 7) is 3.93. The molecule has 0 aliphatic heterocycles. The number of carbonyl (C=O) groups is 1. The van der Waals surface area contributed by atoms with Crippen LogP contribution in [0.2, 0.25) is 0 Å². The average Bonchev–Trinajstić information content (AvgIpc) is 2.37. The Bertz CT molecular complexity index is 408. The Balaban J connectivity index is 2.30. The van der Waals surface area contributed by atoms with Crippen LogP contribution in [0.4, 0.5) is 0 Å². The molecule has 1 saturated carbocycles. The molecule has 0 spiro atoms. The summed E-state index contributed by atoms with van der Waals surface area (Å²) >= 11 is 0. The van der Waals surface area contributed by atoms with Gasteiger partial charge in [-0.25, -0.2) is 0 Å². The Morgan fingerprint density at radius 3 is 2.67 bits per heavy atom. The molecule has 2 heteroatoms. The van der Waals surface area contributed by atoms with Gasteiger partial charge in [-0.3, -0.25) is 4.79 Å². The van der Waals surface area contributed by atoms with Crippen LogP contribution in [0, 0.1) is 11.8 Å². The van der Waals surface area contributed by atoms with E-state index in [1.807, 2.05) is 37.3 Å². The molecule has 0 aromatic heterocycles. The summed E-state index contributed by atoms with van der Waals surface area (Å²) in [6, 6.07) is 9.37. The molecule has 2 rings (SSSR count). The largest absolute Gasteiger partial charge is 0.389 e. The molecule has 3 atom stereocenters. The lowest BCUT2D eigenvalue weighted by atomic mass is 9.66. The van der Waals surface area contributed by atoms with Gasteiger partial charge in [0, 0.05) is 5.56 Å². The molecule has 98 valence electrons. The van der Waals surface area contributed by atoms with Crippen LogP contribution in [0.3, 0.4) is 0 Å². The summed E-state index contributed by atoms with van der Waals surface area (Å²) in [7, 11) is 0. The fraction of sp³-hybridized carbons (Fsp3) is 0.562. The SMILES string of the molecule is CC[C@H]1CCC[C@](C)(O)[C@@H]1C(=O)c1ccccc1. The highest BCUT2D eigenvalue weighted by Crippen LogP contribution is 2.41. The molecule has 2 nitrogen and oxygen atoms in total. The van der Waals surface area contributed by atoms with Gasteiger partial charge in [0.2, 0.25) is 0 Å². The fourth-order valence-electron chi connectivity index (χ4n) is 3.27. The van der Waals surface area contributed by atoms with Crippen LogP contribution in [0.1, 0.15) is 49.9 Å². The number of hydrogen-bond acceptors (Lipinski definition) is 2. The van der Waals surface area contributed by atoms with E-state index in [9.17, 15) is 9.90 Å². The van der Waals surface area contributed by atoms with E-state index in [1.165, 1.54) is 0 Å². The van der Waals surface area contributed by atoms with Gasteiger partial charge >= 0.3 is 0 Å². The number of hydrogen-bond donors (Lipinski definition) is 1. The molecular weight excluding hydrogens is 224 g/mol. The van der Waals surface area contributed by atoms with Gasteiger partial charge in [0.15, 0.2) is 5.78 Å². The van der Waals surface area contributed by atoms with Crippen molar-refractivity contribution in [1.29, 1.82) is 0 Å². The standard InChI is InChI=1S/C16H22O2/c1-3-12-10-7-11-16(2,18)14(12)15(17)13-8-5-4-6-9-13/h4-6,8-9,12,14,18H,3,7,10-11H2,1-2H3/t12-,14-,16-/m0/s1. The molecule has 18 heavy (non-hydrogen) atoms. The maximum Gasteiger partial charge on any atom is 0.169 e. The molecule has 0 unspecified atom stereocenters. The van der Waals surface area contributed by atoms with Crippen LogP contribution in [0.25, 0.3) is 0 Å². The molecular formula is C16H22O2.